The third-order valence-corrected chi connectivity index (χ3v) is 6.75. The lowest BCUT2D eigenvalue weighted by atomic mass is 10.1. The molecule has 0 aliphatic heterocycles. The Hall–Kier alpha value is -0.850. The van der Waals surface area contributed by atoms with Crippen LogP contribution in [0.2, 0.25) is 0 Å². The zero-order chi connectivity index (χ0) is 15.1. The third kappa shape index (κ3) is 2.77. The number of nitrogens with zero attached hydrogens (tertiary/aromatic N) is 1. The maximum absolute atomic E-state index is 12.7. The summed E-state index contributed by atoms with van der Waals surface area (Å²) < 4.78 is 27.6. The molecule has 0 radical (unpaired) electrons. The minimum atomic E-state index is -3.52. The van der Waals surface area contributed by atoms with Crippen molar-refractivity contribution >= 4 is 43.0 Å². The summed E-state index contributed by atoms with van der Waals surface area (Å²) in [5, 5.41) is 0. The number of sulfonamides is 1. The molecule has 0 saturated carbocycles. The minimum absolute atomic E-state index is 0.358. The molecule has 20 heavy (non-hydrogen) atoms. The second-order valence-electron chi connectivity index (χ2n) is 4.73. The number of benzene rings is 1. The number of thiophene rings is 1. The summed E-state index contributed by atoms with van der Waals surface area (Å²) >= 11 is 4.77. The van der Waals surface area contributed by atoms with Gasteiger partial charge in [-0.2, -0.15) is 0 Å². The molecule has 0 bridgehead atoms. The highest BCUT2D eigenvalue weighted by Gasteiger charge is 2.25. The van der Waals surface area contributed by atoms with Gasteiger partial charge in [0.2, 0.25) is 0 Å². The van der Waals surface area contributed by atoms with Gasteiger partial charge in [0.25, 0.3) is 10.0 Å². The lowest BCUT2D eigenvalue weighted by molar-refractivity contribution is 0.594. The maximum atomic E-state index is 12.7. The topological polar surface area (TPSA) is 37.4 Å². The van der Waals surface area contributed by atoms with Crippen LogP contribution in [0, 0.1) is 20.8 Å². The van der Waals surface area contributed by atoms with Crippen LogP contribution in [-0.4, -0.2) is 15.5 Å². The molecular formula is C14H16BrNO2S2. The Labute approximate surface area is 132 Å². The van der Waals surface area contributed by atoms with E-state index >= 15 is 0 Å². The molecule has 1 aromatic heterocycles. The van der Waals surface area contributed by atoms with Crippen LogP contribution in [0.15, 0.2) is 32.9 Å². The fraction of sp³-hybridized carbons (Fsp3) is 0.286. The largest absolute Gasteiger partial charge is 0.269 e. The Bertz CT molecular complexity index is 751. The Balaban J connectivity index is 2.51. The molecule has 0 N–H and O–H groups in total. The van der Waals surface area contributed by atoms with Crippen molar-refractivity contribution in [3.05, 3.63) is 44.1 Å². The summed E-state index contributed by atoms with van der Waals surface area (Å²) in [5.74, 6) is 0. The summed E-state index contributed by atoms with van der Waals surface area (Å²) in [7, 11) is -1.93. The SMILES string of the molecule is Cc1ccc(N(C)S(=O)(=O)c2cc(Br)sc2C)c(C)c1. The average molecular weight is 374 g/mol. The predicted octanol–water partition coefficient (Wildman–Crippen LogP) is 4.26. The number of hydrogen-bond acceptors (Lipinski definition) is 3. The summed E-state index contributed by atoms with van der Waals surface area (Å²) in [6.07, 6.45) is 0. The molecule has 2 rings (SSSR count). The van der Waals surface area contributed by atoms with Crippen LogP contribution in [-0.2, 0) is 10.0 Å². The number of hydrogen-bond donors (Lipinski definition) is 0. The smallest absolute Gasteiger partial charge is 0.265 e. The highest BCUT2D eigenvalue weighted by atomic mass is 79.9. The van der Waals surface area contributed by atoms with E-state index in [1.165, 1.54) is 15.6 Å². The van der Waals surface area contributed by atoms with Crippen molar-refractivity contribution in [3.8, 4) is 0 Å². The van der Waals surface area contributed by atoms with Gasteiger partial charge in [-0.15, -0.1) is 11.3 Å². The average Bonchev–Trinajstić information content (AvgIpc) is 2.68. The molecule has 2 aromatic rings. The first kappa shape index (κ1) is 15.5. The van der Waals surface area contributed by atoms with Crippen LogP contribution < -0.4 is 4.31 Å². The Morgan fingerprint density at radius 1 is 1.15 bits per heavy atom. The first-order chi connectivity index (χ1) is 9.23. The summed E-state index contributed by atoms with van der Waals surface area (Å²) in [6, 6.07) is 7.41. The van der Waals surface area contributed by atoms with Crippen molar-refractivity contribution in [1.29, 1.82) is 0 Å². The number of aryl methyl sites for hydroxylation is 3. The van der Waals surface area contributed by atoms with E-state index in [1.807, 2.05) is 39.0 Å². The second-order valence-corrected chi connectivity index (χ2v) is 9.31. The van der Waals surface area contributed by atoms with Crippen molar-refractivity contribution in [3.63, 3.8) is 0 Å². The molecule has 0 amide bonds. The number of anilines is 1. The zero-order valence-corrected chi connectivity index (χ0v) is 15.0. The number of rotatable bonds is 3. The molecular weight excluding hydrogens is 358 g/mol. The van der Waals surface area contributed by atoms with Crippen molar-refractivity contribution in [1.82, 2.24) is 0 Å². The second kappa shape index (κ2) is 5.50. The Morgan fingerprint density at radius 3 is 2.30 bits per heavy atom. The first-order valence-electron chi connectivity index (χ1n) is 6.05. The Kier molecular flexibility index (Phi) is 4.27. The van der Waals surface area contributed by atoms with Gasteiger partial charge in [0.15, 0.2) is 0 Å². The molecule has 0 aliphatic rings. The van der Waals surface area contributed by atoms with E-state index in [9.17, 15) is 8.42 Å². The van der Waals surface area contributed by atoms with Gasteiger partial charge >= 0.3 is 0 Å². The van der Waals surface area contributed by atoms with Crippen LogP contribution >= 0.6 is 27.3 Å². The standard InChI is InChI=1S/C14H16BrNO2S2/c1-9-5-6-12(10(2)7-9)16(4)20(17,18)13-8-14(15)19-11(13)3/h5-8H,1-4H3. The molecule has 0 fully saturated rings. The molecule has 1 heterocycles. The van der Waals surface area contributed by atoms with Crippen LogP contribution in [0.25, 0.3) is 0 Å². The predicted molar refractivity (Wildman–Crippen MR) is 88.3 cm³/mol. The zero-order valence-electron chi connectivity index (χ0n) is 11.8. The first-order valence-corrected chi connectivity index (χ1v) is 9.10. The van der Waals surface area contributed by atoms with Gasteiger partial charge in [-0.3, -0.25) is 4.31 Å². The monoisotopic (exact) mass is 373 g/mol. The van der Waals surface area contributed by atoms with Gasteiger partial charge in [0.1, 0.15) is 4.90 Å². The minimum Gasteiger partial charge on any atom is -0.269 e. The lowest BCUT2D eigenvalue weighted by Crippen LogP contribution is -2.27. The highest BCUT2D eigenvalue weighted by molar-refractivity contribution is 9.11. The fourth-order valence-electron chi connectivity index (χ4n) is 2.12. The van der Waals surface area contributed by atoms with E-state index in [4.69, 9.17) is 0 Å². The van der Waals surface area contributed by atoms with E-state index in [0.29, 0.717) is 10.6 Å². The van der Waals surface area contributed by atoms with Gasteiger partial charge in [0.05, 0.1) is 9.47 Å². The third-order valence-electron chi connectivity index (χ3n) is 3.17. The molecule has 0 saturated heterocycles. The van der Waals surface area contributed by atoms with E-state index in [2.05, 4.69) is 15.9 Å². The molecule has 6 heteroatoms. The molecule has 0 unspecified atom stereocenters. The summed E-state index contributed by atoms with van der Waals surface area (Å²) in [4.78, 5) is 1.14. The molecule has 0 spiro atoms. The molecule has 3 nitrogen and oxygen atoms in total. The van der Waals surface area contributed by atoms with Crippen LogP contribution in [0.5, 0.6) is 0 Å². The van der Waals surface area contributed by atoms with E-state index in [1.54, 1.807) is 13.1 Å². The van der Waals surface area contributed by atoms with Crippen LogP contribution in [0.1, 0.15) is 16.0 Å². The van der Waals surface area contributed by atoms with Gasteiger partial charge < -0.3 is 0 Å². The number of halogens is 1. The van der Waals surface area contributed by atoms with Crippen molar-refractivity contribution in [2.24, 2.45) is 0 Å². The van der Waals surface area contributed by atoms with Gasteiger partial charge in [-0.05, 0) is 54.4 Å². The maximum Gasteiger partial charge on any atom is 0.265 e. The molecule has 108 valence electrons. The van der Waals surface area contributed by atoms with Crippen LogP contribution in [0.4, 0.5) is 5.69 Å². The van der Waals surface area contributed by atoms with E-state index in [0.717, 1.165) is 19.8 Å². The van der Waals surface area contributed by atoms with Crippen molar-refractivity contribution in [2.75, 3.05) is 11.4 Å². The molecule has 0 atom stereocenters. The van der Waals surface area contributed by atoms with Crippen LogP contribution in [0.3, 0.4) is 0 Å². The lowest BCUT2D eigenvalue weighted by Gasteiger charge is -2.21. The van der Waals surface area contributed by atoms with Crippen molar-refractivity contribution in [2.45, 2.75) is 25.7 Å². The normalized spacial score (nSPS) is 11.7. The van der Waals surface area contributed by atoms with Crippen molar-refractivity contribution < 1.29 is 8.42 Å². The van der Waals surface area contributed by atoms with Gasteiger partial charge in [0, 0.05) is 11.9 Å². The van der Waals surface area contributed by atoms with Gasteiger partial charge in [-0.1, -0.05) is 17.7 Å². The summed E-state index contributed by atoms with van der Waals surface area (Å²) in [5.41, 5.74) is 2.77. The quantitative estimate of drug-likeness (QED) is 0.805. The Morgan fingerprint density at radius 2 is 1.80 bits per heavy atom. The molecule has 0 aliphatic carbocycles. The van der Waals surface area contributed by atoms with E-state index < -0.39 is 10.0 Å². The summed E-state index contributed by atoms with van der Waals surface area (Å²) in [6.45, 7) is 5.73. The highest BCUT2D eigenvalue weighted by Crippen LogP contribution is 2.33. The fourth-order valence-corrected chi connectivity index (χ4v) is 5.76. The molecule has 1 aromatic carbocycles. The van der Waals surface area contributed by atoms with E-state index in [-0.39, 0.29) is 0 Å². The van der Waals surface area contributed by atoms with Gasteiger partial charge in [-0.25, -0.2) is 8.42 Å².